The Balaban J connectivity index is 2.55. The summed E-state index contributed by atoms with van der Waals surface area (Å²) in [5.74, 6) is 1.03. The number of aryl methyl sites for hydroxylation is 1. The van der Waals surface area contributed by atoms with Crippen LogP contribution in [0.15, 0.2) is 12.1 Å². The monoisotopic (exact) mass is 177 g/mol. The van der Waals surface area contributed by atoms with Crippen molar-refractivity contribution in [3.8, 4) is 5.75 Å². The van der Waals surface area contributed by atoms with Crippen LogP contribution in [0.25, 0.3) is 0 Å². The van der Waals surface area contributed by atoms with E-state index in [1.807, 2.05) is 6.92 Å². The maximum absolute atomic E-state index is 5.88. The Hall–Kier alpha value is -1.02. The molecule has 0 spiro atoms. The minimum Gasteiger partial charge on any atom is -0.493 e. The third-order valence-electron chi connectivity index (χ3n) is 2.45. The molecule has 0 radical (unpaired) electrons. The average molecular weight is 177 g/mol. The van der Waals surface area contributed by atoms with Crippen molar-refractivity contribution in [3.63, 3.8) is 0 Å². The van der Waals surface area contributed by atoms with Crippen LogP contribution in [0, 0.1) is 6.92 Å². The highest BCUT2D eigenvalue weighted by molar-refractivity contribution is 5.47. The summed E-state index contributed by atoms with van der Waals surface area (Å²) in [4.78, 5) is 0. The van der Waals surface area contributed by atoms with Gasteiger partial charge in [0.25, 0.3) is 0 Å². The smallest absolute Gasteiger partial charge is 0.127 e. The largest absolute Gasteiger partial charge is 0.493 e. The highest BCUT2D eigenvalue weighted by Gasteiger charge is 2.18. The molecule has 70 valence electrons. The third kappa shape index (κ3) is 1.42. The maximum Gasteiger partial charge on any atom is 0.127 e. The summed E-state index contributed by atoms with van der Waals surface area (Å²) in [5.41, 5.74) is 9.61. The van der Waals surface area contributed by atoms with Crippen LogP contribution in [0.5, 0.6) is 5.75 Å². The molecule has 1 aliphatic heterocycles. The fourth-order valence-electron chi connectivity index (χ4n) is 1.84. The van der Waals surface area contributed by atoms with Gasteiger partial charge in [0, 0.05) is 18.0 Å². The molecule has 13 heavy (non-hydrogen) atoms. The van der Waals surface area contributed by atoms with Gasteiger partial charge in [-0.15, -0.1) is 0 Å². The average Bonchev–Trinajstić information content (AvgIpc) is 2.49. The van der Waals surface area contributed by atoms with Crippen LogP contribution in [0.4, 0.5) is 0 Å². The van der Waals surface area contributed by atoms with Crippen molar-refractivity contribution in [3.05, 3.63) is 28.8 Å². The highest BCUT2D eigenvalue weighted by atomic mass is 16.5. The van der Waals surface area contributed by atoms with Crippen LogP contribution >= 0.6 is 0 Å². The Morgan fingerprint density at radius 2 is 2.23 bits per heavy atom. The van der Waals surface area contributed by atoms with Gasteiger partial charge >= 0.3 is 0 Å². The predicted octanol–water partition coefficient (Wildman–Crippen LogP) is 1.95. The Bertz CT molecular complexity index is 331. The Labute approximate surface area is 78.7 Å². The highest BCUT2D eigenvalue weighted by Crippen LogP contribution is 2.33. The van der Waals surface area contributed by atoms with Gasteiger partial charge in [0.15, 0.2) is 0 Å². The first-order chi connectivity index (χ1) is 6.18. The van der Waals surface area contributed by atoms with E-state index in [0.29, 0.717) is 0 Å². The molecule has 0 saturated carbocycles. The lowest BCUT2D eigenvalue weighted by Gasteiger charge is -2.12. The first kappa shape index (κ1) is 8.57. The number of hydrogen-bond donors (Lipinski definition) is 1. The molecule has 0 amide bonds. The van der Waals surface area contributed by atoms with Crippen molar-refractivity contribution >= 4 is 0 Å². The molecule has 1 aliphatic rings. The van der Waals surface area contributed by atoms with Crippen LogP contribution < -0.4 is 10.5 Å². The van der Waals surface area contributed by atoms with Crippen molar-refractivity contribution in [1.82, 2.24) is 0 Å². The molecule has 0 aromatic heterocycles. The maximum atomic E-state index is 5.88. The summed E-state index contributed by atoms with van der Waals surface area (Å²) in [5, 5.41) is 0. The van der Waals surface area contributed by atoms with Gasteiger partial charge in [-0.3, -0.25) is 0 Å². The van der Waals surface area contributed by atoms with E-state index < -0.39 is 0 Å². The van der Waals surface area contributed by atoms with E-state index in [4.69, 9.17) is 10.5 Å². The number of nitrogens with two attached hydrogens (primary N) is 1. The van der Waals surface area contributed by atoms with Crippen LogP contribution in [0.1, 0.15) is 29.7 Å². The molecule has 2 N–H and O–H groups in total. The van der Waals surface area contributed by atoms with Crippen molar-refractivity contribution in [2.45, 2.75) is 26.3 Å². The van der Waals surface area contributed by atoms with Crippen molar-refractivity contribution in [2.75, 3.05) is 6.61 Å². The first-order valence-electron chi connectivity index (χ1n) is 4.70. The van der Waals surface area contributed by atoms with Gasteiger partial charge in [-0.1, -0.05) is 17.7 Å². The number of benzene rings is 1. The predicted molar refractivity (Wildman–Crippen MR) is 53.0 cm³/mol. The molecule has 2 nitrogen and oxygen atoms in total. The van der Waals surface area contributed by atoms with Gasteiger partial charge in [0.05, 0.1) is 6.61 Å². The van der Waals surface area contributed by atoms with E-state index in [-0.39, 0.29) is 6.04 Å². The summed E-state index contributed by atoms with van der Waals surface area (Å²) in [6, 6.07) is 4.37. The molecule has 1 atom stereocenters. The summed E-state index contributed by atoms with van der Waals surface area (Å²) < 4.78 is 5.57. The molecule has 1 heterocycles. The second-order valence-corrected chi connectivity index (χ2v) is 3.73. The van der Waals surface area contributed by atoms with E-state index in [2.05, 4.69) is 19.1 Å². The molecule has 0 fully saturated rings. The minimum absolute atomic E-state index is 0.0618. The van der Waals surface area contributed by atoms with Gasteiger partial charge < -0.3 is 10.5 Å². The van der Waals surface area contributed by atoms with Crippen LogP contribution in [-0.2, 0) is 6.42 Å². The van der Waals surface area contributed by atoms with Crippen LogP contribution in [0.2, 0.25) is 0 Å². The van der Waals surface area contributed by atoms with E-state index in [9.17, 15) is 0 Å². The van der Waals surface area contributed by atoms with Crippen LogP contribution in [-0.4, -0.2) is 6.61 Å². The van der Waals surface area contributed by atoms with Gasteiger partial charge in [-0.2, -0.15) is 0 Å². The Kier molecular flexibility index (Phi) is 2.00. The van der Waals surface area contributed by atoms with Gasteiger partial charge in [-0.05, 0) is 19.4 Å². The van der Waals surface area contributed by atoms with Crippen molar-refractivity contribution in [1.29, 1.82) is 0 Å². The van der Waals surface area contributed by atoms with E-state index >= 15 is 0 Å². The summed E-state index contributed by atoms with van der Waals surface area (Å²) >= 11 is 0. The zero-order valence-electron chi connectivity index (χ0n) is 8.13. The zero-order chi connectivity index (χ0) is 9.42. The number of ether oxygens (including phenoxy) is 1. The Morgan fingerprint density at radius 1 is 1.46 bits per heavy atom. The van der Waals surface area contributed by atoms with Gasteiger partial charge in [0.1, 0.15) is 5.75 Å². The molecule has 0 saturated heterocycles. The van der Waals surface area contributed by atoms with Crippen molar-refractivity contribution < 1.29 is 4.74 Å². The Morgan fingerprint density at radius 3 is 2.92 bits per heavy atom. The number of rotatable bonds is 1. The standard InChI is InChI=1S/C11H15NO/c1-7-5-9-3-4-13-11(9)10(6-7)8(2)12/h5-6,8H,3-4,12H2,1-2H3/t8-/m1/s1. The normalized spacial score (nSPS) is 16.5. The summed E-state index contributed by atoms with van der Waals surface area (Å²) in [7, 11) is 0. The summed E-state index contributed by atoms with van der Waals surface area (Å²) in [6.45, 7) is 4.90. The molecule has 0 bridgehead atoms. The molecule has 0 aliphatic carbocycles. The molecular weight excluding hydrogens is 162 g/mol. The molecule has 2 heteroatoms. The lowest BCUT2D eigenvalue weighted by molar-refractivity contribution is 0.352. The number of fused-ring (bicyclic) bond motifs is 1. The number of hydrogen-bond acceptors (Lipinski definition) is 2. The van der Waals surface area contributed by atoms with Gasteiger partial charge in [-0.25, -0.2) is 0 Å². The summed E-state index contributed by atoms with van der Waals surface area (Å²) in [6.07, 6.45) is 1.02. The lowest BCUT2D eigenvalue weighted by atomic mass is 10.0. The third-order valence-corrected chi connectivity index (χ3v) is 2.45. The fraction of sp³-hybridized carbons (Fsp3) is 0.455. The zero-order valence-corrected chi connectivity index (χ0v) is 8.13. The second kappa shape index (κ2) is 3.04. The first-order valence-corrected chi connectivity index (χ1v) is 4.70. The minimum atomic E-state index is 0.0618. The second-order valence-electron chi connectivity index (χ2n) is 3.73. The van der Waals surface area contributed by atoms with Crippen molar-refractivity contribution in [2.24, 2.45) is 5.73 Å². The van der Waals surface area contributed by atoms with Gasteiger partial charge in [0.2, 0.25) is 0 Å². The topological polar surface area (TPSA) is 35.2 Å². The van der Waals surface area contributed by atoms with E-state index in [1.165, 1.54) is 11.1 Å². The molecular formula is C11H15NO. The quantitative estimate of drug-likeness (QED) is 0.711. The molecule has 1 aromatic rings. The fourth-order valence-corrected chi connectivity index (χ4v) is 1.84. The lowest BCUT2D eigenvalue weighted by Crippen LogP contribution is -2.07. The van der Waals surface area contributed by atoms with E-state index in [1.54, 1.807) is 0 Å². The van der Waals surface area contributed by atoms with E-state index in [0.717, 1.165) is 24.3 Å². The SMILES string of the molecule is Cc1cc2c(c([C@@H](C)N)c1)OCC2. The van der Waals surface area contributed by atoms with Crippen LogP contribution in [0.3, 0.4) is 0 Å². The molecule has 0 unspecified atom stereocenters. The molecule has 2 rings (SSSR count). The molecule has 1 aromatic carbocycles.